The van der Waals surface area contributed by atoms with E-state index in [0.717, 1.165) is 102 Å². The van der Waals surface area contributed by atoms with Crippen molar-refractivity contribution in [2.45, 2.75) is 23.7 Å². The number of hydrogen-bond acceptors (Lipinski definition) is 6. The minimum atomic E-state index is -0.798. The molecule has 0 unspecified atom stereocenters. The van der Waals surface area contributed by atoms with E-state index < -0.39 is 10.8 Å². The van der Waals surface area contributed by atoms with Crippen LogP contribution < -0.4 is 9.47 Å². The first-order chi connectivity index (χ1) is 33.3. The van der Waals surface area contributed by atoms with Crippen molar-refractivity contribution in [1.29, 1.82) is 0 Å². The van der Waals surface area contributed by atoms with E-state index in [1.165, 1.54) is 12.1 Å². The first-order valence-corrected chi connectivity index (χ1v) is 23.1. The third kappa shape index (κ3) is 6.32. The summed E-state index contributed by atoms with van der Waals surface area (Å²) >= 11 is 0. The summed E-state index contributed by atoms with van der Waals surface area (Å²) in [5, 5.41) is 47.7. The summed E-state index contributed by atoms with van der Waals surface area (Å²) in [6, 6.07) is 68.7. The number of aromatic hydroxyl groups is 4. The normalized spacial score (nSPS) is 13.7. The summed E-state index contributed by atoms with van der Waals surface area (Å²) in [7, 11) is 0. The van der Waals surface area contributed by atoms with Crippen LogP contribution in [0.3, 0.4) is 0 Å². The monoisotopic (exact) mass is 886 g/mol. The lowest BCUT2D eigenvalue weighted by Gasteiger charge is -2.34. The van der Waals surface area contributed by atoms with E-state index in [0.29, 0.717) is 24.3 Å². The van der Waals surface area contributed by atoms with Gasteiger partial charge in [-0.1, -0.05) is 146 Å². The van der Waals surface area contributed by atoms with E-state index in [-0.39, 0.29) is 23.0 Å². The van der Waals surface area contributed by atoms with Crippen LogP contribution in [0.1, 0.15) is 57.3 Å². The number of hydrogen-bond donors (Lipinski definition) is 4. The van der Waals surface area contributed by atoms with Crippen LogP contribution in [0.2, 0.25) is 0 Å². The van der Waals surface area contributed by atoms with E-state index in [1.54, 1.807) is 12.1 Å². The highest BCUT2D eigenvalue weighted by Gasteiger charge is 2.49. The third-order valence-electron chi connectivity index (χ3n) is 14.2. The fraction of sp³-hybridized carbons (Fsp3) is 0.0968. The molecule has 0 amide bonds. The van der Waals surface area contributed by atoms with E-state index in [1.807, 2.05) is 48.5 Å². The van der Waals surface area contributed by atoms with Crippen molar-refractivity contribution in [2.24, 2.45) is 0 Å². The zero-order valence-corrected chi connectivity index (χ0v) is 37.1. The summed E-state index contributed by atoms with van der Waals surface area (Å²) in [6.07, 6.45) is 1.64. The van der Waals surface area contributed by atoms with E-state index in [9.17, 15) is 20.4 Å². The van der Waals surface area contributed by atoms with E-state index in [2.05, 4.69) is 133 Å². The Labute approximate surface area is 394 Å². The molecule has 4 N–H and O–H groups in total. The Hall–Kier alpha value is -8.48. The number of unbranched alkanes of at least 4 members (excludes halogenated alkanes) is 1. The van der Waals surface area contributed by atoms with Crippen molar-refractivity contribution in [2.75, 3.05) is 13.2 Å². The van der Waals surface area contributed by atoms with Crippen LogP contribution in [0, 0.1) is 0 Å². The lowest BCUT2D eigenvalue weighted by molar-refractivity contribution is 0.267. The molecule has 0 fully saturated rings. The summed E-state index contributed by atoms with van der Waals surface area (Å²) in [5.41, 5.74) is 10.7. The fourth-order valence-corrected chi connectivity index (χ4v) is 11.3. The van der Waals surface area contributed by atoms with Crippen molar-refractivity contribution in [3.05, 3.63) is 251 Å². The van der Waals surface area contributed by atoms with Crippen molar-refractivity contribution in [3.63, 3.8) is 0 Å². The van der Waals surface area contributed by atoms with Gasteiger partial charge in [0.05, 0.1) is 24.0 Å². The SMILES string of the molecule is Oc1ccc(C2(c3ccc4cc(OCCCCOc5ccc6cc(C7(c8ccc(O)cc8O)c8ccccc8-c8ccccc87)ccc6c5)ccc4c3)c3ccccc3-c3ccccc32)c(O)c1. The molecule has 330 valence electrons. The smallest absolute Gasteiger partial charge is 0.124 e. The average molecular weight is 887 g/mol. The van der Waals surface area contributed by atoms with Crippen molar-refractivity contribution in [1.82, 2.24) is 0 Å². The van der Waals surface area contributed by atoms with Gasteiger partial charge >= 0.3 is 0 Å². The highest BCUT2D eigenvalue weighted by Crippen LogP contribution is 2.60. The molecule has 12 rings (SSSR count). The Morgan fingerprint density at radius 1 is 0.309 bits per heavy atom. The molecule has 0 spiro atoms. The second-order valence-electron chi connectivity index (χ2n) is 17.9. The predicted octanol–water partition coefficient (Wildman–Crippen LogP) is 13.8. The highest BCUT2D eigenvalue weighted by molar-refractivity contribution is 5.92. The average Bonchev–Trinajstić information content (AvgIpc) is 3.83. The first-order valence-electron chi connectivity index (χ1n) is 23.1. The molecule has 10 aromatic rings. The van der Waals surface area contributed by atoms with Crippen LogP contribution in [-0.4, -0.2) is 33.6 Å². The van der Waals surface area contributed by atoms with Crippen molar-refractivity contribution >= 4 is 21.5 Å². The molecule has 0 radical (unpaired) electrons. The summed E-state index contributed by atoms with van der Waals surface area (Å²) in [6.45, 7) is 1.10. The topological polar surface area (TPSA) is 99.4 Å². The number of rotatable bonds is 11. The summed E-state index contributed by atoms with van der Waals surface area (Å²) in [5.74, 6) is 1.72. The second kappa shape index (κ2) is 16.1. The van der Waals surface area contributed by atoms with Gasteiger partial charge in [0, 0.05) is 23.3 Å². The number of phenols is 4. The molecule has 10 aromatic carbocycles. The van der Waals surface area contributed by atoms with Crippen LogP contribution in [0.15, 0.2) is 206 Å². The van der Waals surface area contributed by atoms with Crippen LogP contribution in [0.25, 0.3) is 43.8 Å². The van der Waals surface area contributed by atoms with E-state index >= 15 is 0 Å². The molecular weight excluding hydrogens is 841 g/mol. The van der Waals surface area contributed by atoms with E-state index in [4.69, 9.17) is 9.47 Å². The summed E-state index contributed by atoms with van der Waals surface area (Å²) in [4.78, 5) is 0. The van der Waals surface area contributed by atoms with Crippen molar-refractivity contribution < 1.29 is 29.9 Å². The first kappa shape index (κ1) is 41.0. The molecular formula is C62H46O6. The molecule has 6 heteroatoms. The maximum atomic E-state index is 11.5. The van der Waals surface area contributed by atoms with Gasteiger partial charge in [-0.25, -0.2) is 0 Å². The van der Waals surface area contributed by atoms with Crippen LogP contribution in [0.4, 0.5) is 0 Å². The van der Waals surface area contributed by atoms with Gasteiger partial charge in [0.2, 0.25) is 0 Å². The zero-order valence-electron chi connectivity index (χ0n) is 37.1. The van der Waals surface area contributed by atoms with Gasteiger partial charge in [-0.05, 0) is 139 Å². The van der Waals surface area contributed by atoms with Crippen LogP contribution in [-0.2, 0) is 10.8 Å². The van der Waals surface area contributed by atoms with Gasteiger partial charge in [0.1, 0.15) is 34.5 Å². The Bertz CT molecular complexity index is 3280. The second-order valence-corrected chi connectivity index (χ2v) is 17.9. The molecule has 0 saturated heterocycles. The molecule has 0 bridgehead atoms. The molecule has 2 aliphatic carbocycles. The minimum absolute atomic E-state index is 0.0171. The number of fused-ring (bicyclic) bond motifs is 8. The van der Waals surface area contributed by atoms with Gasteiger partial charge in [0.25, 0.3) is 0 Å². The largest absolute Gasteiger partial charge is 0.508 e. The van der Waals surface area contributed by atoms with Gasteiger partial charge < -0.3 is 29.9 Å². The number of ether oxygens (including phenoxy) is 2. The van der Waals surface area contributed by atoms with Crippen LogP contribution >= 0.6 is 0 Å². The minimum Gasteiger partial charge on any atom is -0.508 e. The zero-order chi connectivity index (χ0) is 46.0. The lowest BCUT2D eigenvalue weighted by atomic mass is 9.67. The maximum Gasteiger partial charge on any atom is 0.124 e. The predicted molar refractivity (Wildman–Crippen MR) is 269 cm³/mol. The number of benzene rings is 10. The molecule has 2 aliphatic rings. The Morgan fingerprint density at radius 2 is 0.647 bits per heavy atom. The van der Waals surface area contributed by atoms with Gasteiger partial charge in [0.15, 0.2) is 0 Å². The molecule has 0 saturated carbocycles. The van der Waals surface area contributed by atoms with Gasteiger partial charge in [-0.15, -0.1) is 0 Å². The summed E-state index contributed by atoms with van der Waals surface area (Å²) < 4.78 is 12.5. The van der Waals surface area contributed by atoms with Gasteiger partial charge in [-0.3, -0.25) is 0 Å². The maximum absolute atomic E-state index is 11.5. The highest BCUT2D eigenvalue weighted by atomic mass is 16.5. The fourth-order valence-electron chi connectivity index (χ4n) is 11.3. The molecule has 0 atom stereocenters. The van der Waals surface area contributed by atoms with Crippen molar-refractivity contribution in [3.8, 4) is 56.8 Å². The Balaban J connectivity index is 0.744. The van der Waals surface area contributed by atoms with Crippen LogP contribution in [0.5, 0.6) is 34.5 Å². The molecule has 0 aliphatic heterocycles. The molecule has 68 heavy (non-hydrogen) atoms. The Morgan fingerprint density at radius 3 is 1.01 bits per heavy atom. The molecule has 0 heterocycles. The van der Waals surface area contributed by atoms with Gasteiger partial charge in [-0.2, -0.15) is 0 Å². The Kier molecular flexibility index (Phi) is 9.73. The lowest BCUT2D eigenvalue weighted by Crippen LogP contribution is -2.28. The molecule has 0 aromatic heterocycles. The number of phenolic OH excluding ortho intramolecular Hbond substituents is 4. The third-order valence-corrected chi connectivity index (χ3v) is 14.2. The standard InChI is InChI=1S/C62H46O6/c63-45-25-29-57(59(65)37-45)61(53-15-5-1-11-49(53)50-12-2-6-16-54(50)61)43-23-19-41-35-47(27-21-39(41)33-43)67-31-9-10-32-68-48-28-22-40-34-44(24-20-42(40)36-48)62(58-30-26-46(64)38-60(58)66)55-17-7-3-13-51(55)52-14-4-8-18-56(52)62/h1-8,11-30,33-38,63-66H,9-10,31-32H2. The molecule has 6 nitrogen and oxygen atoms in total. The quantitative estimate of drug-likeness (QED) is 0.0966.